The minimum atomic E-state index is -0.534. The van der Waals surface area contributed by atoms with Gasteiger partial charge in [-0.25, -0.2) is 14.4 Å². The molecule has 0 fully saturated rings. The summed E-state index contributed by atoms with van der Waals surface area (Å²) in [5.74, 6) is 0.445. The van der Waals surface area contributed by atoms with Crippen molar-refractivity contribution in [2.45, 2.75) is 70.3 Å². The highest BCUT2D eigenvalue weighted by Gasteiger charge is 2.49. The normalized spacial score (nSPS) is 15.5. The minimum Gasteiger partial charge on any atom is -0.494 e. The Morgan fingerprint density at radius 3 is 1.84 bits per heavy atom. The number of aryl methyl sites for hydroxylation is 2. The third kappa shape index (κ3) is 8.40. The molecule has 2 aliphatic carbocycles. The van der Waals surface area contributed by atoms with E-state index < -0.39 is 23.3 Å². The Labute approximate surface area is 321 Å². The third-order valence-electron chi connectivity index (χ3n) is 10.5. The van der Waals surface area contributed by atoms with Crippen LogP contribution in [0.4, 0.5) is 0 Å². The first-order chi connectivity index (χ1) is 26.9. The predicted octanol–water partition coefficient (Wildman–Crippen LogP) is 9.37. The summed E-state index contributed by atoms with van der Waals surface area (Å²) in [6.45, 7) is 2.76. The van der Waals surface area contributed by atoms with Gasteiger partial charge in [-0.3, -0.25) is 0 Å². The molecule has 2 aliphatic rings. The molecule has 0 heterocycles. The molecule has 0 aliphatic heterocycles. The summed E-state index contributed by atoms with van der Waals surface area (Å²) in [6.07, 6.45) is 10.7. The van der Waals surface area contributed by atoms with Gasteiger partial charge in [-0.15, -0.1) is 0 Å². The topological polar surface area (TPSA) is 108 Å². The molecule has 8 heteroatoms. The van der Waals surface area contributed by atoms with Crippen molar-refractivity contribution in [1.82, 2.24) is 0 Å². The number of benzene rings is 5. The molecule has 1 N–H and O–H groups in total. The molecule has 7 rings (SSSR count). The lowest BCUT2D eigenvalue weighted by molar-refractivity contribution is -0.129. The maximum atomic E-state index is 13.6. The first kappa shape index (κ1) is 37.3. The molecule has 0 saturated carbocycles. The Kier molecular flexibility index (Phi) is 11.5. The number of esters is 3. The van der Waals surface area contributed by atoms with Gasteiger partial charge in [-0.05, 0) is 121 Å². The Balaban J connectivity index is 1.03. The molecule has 0 saturated heterocycles. The van der Waals surface area contributed by atoms with Crippen molar-refractivity contribution >= 4 is 24.0 Å². The Morgan fingerprint density at radius 1 is 0.655 bits per heavy atom. The second-order valence-electron chi connectivity index (χ2n) is 14.1. The summed E-state index contributed by atoms with van der Waals surface area (Å²) >= 11 is 0. The maximum Gasteiger partial charge on any atom is 0.343 e. The number of hydrogen-bond acceptors (Lipinski definition) is 8. The van der Waals surface area contributed by atoms with Crippen LogP contribution in [0.5, 0.6) is 23.0 Å². The first-order valence-electron chi connectivity index (χ1n) is 19.0. The molecule has 5 aromatic rings. The van der Waals surface area contributed by atoms with Crippen LogP contribution in [-0.2, 0) is 29.7 Å². The predicted molar refractivity (Wildman–Crippen MR) is 210 cm³/mol. The molecule has 1 spiro atoms. The van der Waals surface area contributed by atoms with Gasteiger partial charge in [0.25, 0.3) is 0 Å². The van der Waals surface area contributed by atoms with Crippen molar-refractivity contribution in [3.05, 3.63) is 160 Å². The number of ether oxygens (including phenoxy) is 4. The lowest BCUT2D eigenvalue weighted by Gasteiger charge is -2.29. The Morgan fingerprint density at radius 2 is 1.24 bits per heavy atom. The summed E-state index contributed by atoms with van der Waals surface area (Å²) in [7, 11) is 0. The zero-order valence-electron chi connectivity index (χ0n) is 30.9. The van der Waals surface area contributed by atoms with Crippen LogP contribution in [0.25, 0.3) is 6.08 Å². The number of carbonyl (C=O) groups excluding carboxylic acids is 3. The highest BCUT2D eigenvalue weighted by atomic mass is 16.5. The van der Waals surface area contributed by atoms with Gasteiger partial charge in [0.1, 0.15) is 23.0 Å². The molecule has 0 bridgehead atoms. The zero-order chi connectivity index (χ0) is 38.2. The fourth-order valence-corrected chi connectivity index (χ4v) is 7.70. The van der Waals surface area contributed by atoms with Crippen molar-refractivity contribution < 1.29 is 38.4 Å². The second kappa shape index (κ2) is 17.0. The SMILES string of the molecule is CCCCCCOc1ccc(C(=O)Oc2ccc(C(=O)Oc3cccc4c3[C@]3(CCc5cccc(OC(=O)/C=C/c6ccc(CO)cc6)c53)CC4)cc2)cc1. The molecule has 0 aromatic heterocycles. The van der Waals surface area contributed by atoms with E-state index >= 15 is 0 Å². The van der Waals surface area contributed by atoms with Crippen molar-refractivity contribution in [1.29, 1.82) is 0 Å². The van der Waals surface area contributed by atoms with E-state index in [2.05, 4.69) is 19.1 Å². The van der Waals surface area contributed by atoms with Gasteiger partial charge in [0.15, 0.2) is 0 Å². The molecule has 0 unspecified atom stereocenters. The van der Waals surface area contributed by atoms with E-state index in [1.54, 1.807) is 66.7 Å². The van der Waals surface area contributed by atoms with Crippen LogP contribution in [0, 0.1) is 0 Å². The highest BCUT2D eigenvalue weighted by molar-refractivity contribution is 5.93. The molecule has 8 nitrogen and oxygen atoms in total. The third-order valence-corrected chi connectivity index (χ3v) is 10.5. The van der Waals surface area contributed by atoms with Gasteiger partial charge in [0.2, 0.25) is 0 Å². The molecule has 280 valence electrons. The number of unbranched alkanes of at least 4 members (excludes halogenated alkanes) is 3. The highest BCUT2D eigenvalue weighted by Crippen LogP contribution is 2.57. The molecule has 0 radical (unpaired) electrons. The largest absolute Gasteiger partial charge is 0.494 e. The van der Waals surface area contributed by atoms with Gasteiger partial charge in [-0.2, -0.15) is 0 Å². The van der Waals surface area contributed by atoms with Crippen molar-refractivity contribution in [2.24, 2.45) is 0 Å². The van der Waals surface area contributed by atoms with Crippen LogP contribution in [0.15, 0.2) is 115 Å². The summed E-state index contributed by atoms with van der Waals surface area (Å²) in [5, 5.41) is 9.31. The molecule has 5 aromatic carbocycles. The van der Waals surface area contributed by atoms with Crippen molar-refractivity contribution in [3.63, 3.8) is 0 Å². The smallest absolute Gasteiger partial charge is 0.343 e. The van der Waals surface area contributed by atoms with Gasteiger partial charge in [-0.1, -0.05) is 74.7 Å². The Bertz CT molecular complexity index is 2180. The van der Waals surface area contributed by atoms with Crippen molar-refractivity contribution in [3.8, 4) is 23.0 Å². The number of rotatable bonds is 14. The van der Waals surface area contributed by atoms with E-state index in [1.807, 2.05) is 36.4 Å². The first-order valence-corrected chi connectivity index (χ1v) is 19.0. The summed E-state index contributed by atoms with van der Waals surface area (Å²) < 4.78 is 23.5. The fourth-order valence-electron chi connectivity index (χ4n) is 7.70. The van der Waals surface area contributed by atoms with Crippen LogP contribution in [0.1, 0.15) is 99.5 Å². The van der Waals surface area contributed by atoms with Crippen LogP contribution < -0.4 is 18.9 Å². The fraction of sp³-hybridized carbons (Fsp3) is 0.255. The van der Waals surface area contributed by atoms with Crippen LogP contribution in [0.2, 0.25) is 0 Å². The summed E-state index contributed by atoms with van der Waals surface area (Å²) in [5.41, 5.74) is 5.93. The van der Waals surface area contributed by atoms with E-state index in [-0.39, 0.29) is 6.61 Å². The minimum absolute atomic E-state index is 0.0461. The summed E-state index contributed by atoms with van der Waals surface area (Å²) in [4.78, 5) is 39.5. The molecular formula is C47H44O8. The standard InChI is InChI=1S/C47H44O8/c1-2-3-4-5-30-52-38-21-17-36(18-22-38)45(50)53-39-23-19-37(20-24-39)46(51)55-41-11-7-9-35-27-29-47(44(35)41)28-26-34-8-6-10-40(43(34)47)54-42(49)25-16-32-12-14-33(31-48)15-13-32/h6-25,48H,2-5,26-31H2,1H3/b25-16+/t47-/m1/s1. The van der Waals surface area contributed by atoms with E-state index in [4.69, 9.17) is 18.9 Å². The zero-order valence-corrected chi connectivity index (χ0v) is 30.9. The number of aliphatic hydroxyl groups is 1. The quantitative estimate of drug-likeness (QED) is 0.0520. The van der Waals surface area contributed by atoms with Gasteiger partial charge >= 0.3 is 17.9 Å². The number of carbonyl (C=O) groups is 3. The number of fused-ring (bicyclic) bond motifs is 4. The maximum absolute atomic E-state index is 13.6. The van der Waals surface area contributed by atoms with Gasteiger partial charge in [0, 0.05) is 22.6 Å². The lowest BCUT2D eigenvalue weighted by atomic mass is 9.76. The molecule has 1 atom stereocenters. The van der Waals surface area contributed by atoms with Gasteiger partial charge in [0.05, 0.1) is 24.3 Å². The number of aliphatic hydroxyl groups excluding tert-OH is 1. The molecule has 0 amide bonds. The average Bonchev–Trinajstić information content (AvgIpc) is 3.79. The Hall–Kier alpha value is -5.99. The average molecular weight is 737 g/mol. The summed E-state index contributed by atoms with van der Waals surface area (Å²) in [6, 6.07) is 32.0. The van der Waals surface area contributed by atoms with Crippen LogP contribution in [-0.4, -0.2) is 29.6 Å². The number of hydrogen-bond donors (Lipinski definition) is 1. The van der Waals surface area contributed by atoms with Crippen LogP contribution >= 0.6 is 0 Å². The van der Waals surface area contributed by atoms with E-state index in [0.29, 0.717) is 40.7 Å². The second-order valence-corrected chi connectivity index (χ2v) is 14.1. The van der Waals surface area contributed by atoms with Crippen LogP contribution in [0.3, 0.4) is 0 Å². The van der Waals surface area contributed by atoms with Gasteiger partial charge < -0.3 is 24.1 Å². The van der Waals surface area contributed by atoms with E-state index in [1.165, 1.54) is 18.9 Å². The monoisotopic (exact) mass is 736 g/mol. The van der Waals surface area contributed by atoms with E-state index in [9.17, 15) is 19.5 Å². The molecular weight excluding hydrogens is 693 g/mol. The van der Waals surface area contributed by atoms with Crippen molar-refractivity contribution in [2.75, 3.05) is 6.61 Å². The van der Waals surface area contributed by atoms with E-state index in [0.717, 1.165) is 71.9 Å². The molecule has 55 heavy (non-hydrogen) atoms. The lowest BCUT2D eigenvalue weighted by Crippen LogP contribution is -2.24.